The fourth-order valence-electron chi connectivity index (χ4n) is 2.16. The molecule has 0 N–H and O–H groups in total. The fraction of sp³-hybridized carbons (Fsp3) is 0.111. The number of carbonyl (C=O) groups is 1. The molecule has 0 saturated heterocycles. The highest BCUT2D eigenvalue weighted by Crippen LogP contribution is 2.27. The minimum atomic E-state index is -1.17. The summed E-state index contributed by atoms with van der Waals surface area (Å²) in [5, 5.41) is 2.26. The minimum Gasteiger partial charge on any atom is -0.497 e. The third kappa shape index (κ3) is 4.00. The summed E-state index contributed by atoms with van der Waals surface area (Å²) in [6.45, 7) is -0.116. The van der Waals surface area contributed by atoms with Gasteiger partial charge in [0.15, 0.2) is 11.6 Å². The van der Waals surface area contributed by atoms with E-state index in [0.29, 0.717) is 17.5 Å². The lowest BCUT2D eigenvalue weighted by atomic mass is 10.2. The molecule has 0 bridgehead atoms. The van der Waals surface area contributed by atoms with E-state index in [1.165, 1.54) is 11.3 Å². The van der Waals surface area contributed by atoms with Gasteiger partial charge in [-0.1, -0.05) is 23.7 Å². The van der Waals surface area contributed by atoms with Gasteiger partial charge in [0, 0.05) is 10.9 Å². The molecule has 0 unspecified atom stereocenters. The summed E-state index contributed by atoms with van der Waals surface area (Å²) in [7, 11) is 1.58. The molecule has 8 heteroatoms. The van der Waals surface area contributed by atoms with Gasteiger partial charge >= 0.3 is 5.97 Å². The second-order valence-corrected chi connectivity index (χ2v) is 6.46. The zero-order valence-electron chi connectivity index (χ0n) is 13.5. The van der Waals surface area contributed by atoms with Crippen molar-refractivity contribution in [2.24, 2.45) is 0 Å². The van der Waals surface area contributed by atoms with Crippen LogP contribution in [0.3, 0.4) is 0 Å². The molecule has 4 nitrogen and oxygen atoms in total. The average molecular weight is 396 g/mol. The Kier molecular flexibility index (Phi) is 5.49. The molecule has 0 atom stereocenters. The Balaban J connectivity index is 1.70. The monoisotopic (exact) mass is 395 g/mol. The largest absolute Gasteiger partial charge is 0.497 e. The van der Waals surface area contributed by atoms with Gasteiger partial charge in [-0.25, -0.2) is 18.6 Å². The lowest BCUT2D eigenvalue weighted by Crippen LogP contribution is -2.07. The number of esters is 1. The molecule has 0 aliphatic heterocycles. The second-order valence-electron chi connectivity index (χ2n) is 5.20. The molecular formula is C18H12ClF2NO3S. The zero-order valence-corrected chi connectivity index (χ0v) is 15.0. The summed E-state index contributed by atoms with van der Waals surface area (Å²) in [4.78, 5) is 16.4. The van der Waals surface area contributed by atoms with Crippen LogP contribution in [-0.4, -0.2) is 18.1 Å². The fourth-order valence-corrected chi connectivity index (χ4v) is 3.19. The van der Waals surface area contributed by atoms with E-state index in [2.05, 4.69) is 4.98 Å². The van der Waals surface area contributed by atoms with Crippen LogP contribution in [0.5, 0.6) is 5.75 Å². The highest BCUT2D eigenvalue weighted by molar-refractivity contribution is 7.13. The maximum atomic E-state index is 13.3. The molecule has 0 spiro atoms. The maximum Gasteiger partial charge on any atom is 0.340 e. The number of halogens is 3. The van der Waals surface area contributed by atoms with E-state index in [9.17, 15) is 13.6 Å². The number of benzene rings is 2. The first kappa shape index (κ1) is 18.3. The molecule has 3 aromatic rings. The number of nitrogens with zero attached hydrogens (tertiary/aromatic N) is 1. The van der Waals surface area contributed by atoms with E-state index in [1.54, 1.807) is 12.5 Å². The van der Waals surface area contributed by atoms with Crippen molar-refractivity contribution in [1.82, 2.24) is 4.98 Å². The average Bonchev–Trinajstić information content (AvgIpc) is 3.12. The van der Waals surface area contributed by atoms with Crippen molar-refractivity contribution in [3.05, 3.63) is 69.7 Å². The van der Waals surface area contributed by atoms with E-state index in [0.717, 1.165) is 16.6 Å². The minimum absolute atomic E-state index is 0.116. The van der Waals surface area contributed by atoms with Crippen molar-refractivity contribution in [2.75, 3.05) is 7.11 Å². The summed E-state index contributed by atoms with van der Waals surface area (Å²) >= 11 is 7.14. The number of hydrogen-bond acceptors (Lipinski definition) is 5. The summed E-state index contributed by atoms with van der Waals surface area (Å²) in [6.07, 6.45) is 0. The molecule has 26 heavy (non-hydrogen) atoms. The standard InChI is InChI=1S/C18H12ClF2NO3S/c1-24-12-4-2-3-10(5-12)17-22-11(9-26-17)8-25-18(23)13-6-15(20)16(21)7-14(13)19/h2-7,9H,8H2,1H3. The molecule has 134 valence electrons. The van der Waals surface area contributed by atoms with E-state index in [4.69, 9.17) is 21.1 Å². The number of rotatable bonds is 5. The van der Waals surface area contributed by atoms with Crippen LogP contribution in [0.2, 0.25) is 5.02 Å². The number of methoxy groups -OCH3 is 1. The smallest absolute Gasteiger partial charge is 0.340 e. The van der Waals surface area contributed by atoms with Crippen molar-refractivity contribution < 1.29 is 23.0 Å². The Morgan fingerprint density at radius 3 is 2.77 bits per heavy atom. The molecule has 1 aromatic heterocycles. The van der Waals surface area contributed by atoms with Crippen molar-refractivity contribution in [2.45, 2.75) is 6.61 Å². The number of ether oxygens (including phenoxy) is 2. The number of aromatic nitrogens is 1. The van der Waals surface area contributed by atoms with Gasteiger partial charge in [0.05, 0.1) is 23.4 Å². The first-order chi connectivity index (χ1) is 12.5. The molecule has 0 aliphatic carbocycles. The highest BCUT2D eigenvalue weighted by atomic mass is 35.5. The molecule has 0 fully saturated rings. The van der Waals surface area contributed by atoms with E-state index >= 15 is 0 Å². The van der Waals surface area contributed by atoms with Crippen molar-refractivity contribution in [3.63, 3.8) is 0 Å². The summed E-state index contributed by atoms with van der Waals surface area (Å²) in [5.41, 5.74) is 1.16. The zero-order chi connectivity index (χ0) is 18.7. The third-order valence-electron chi connectivity index (χ3n) is 3.45. The van der Waals surface area contributed by atoms with E-state index < -0.39 is 17.6 Å². The normalized spacial score (nSPS) is 10.6. The lowest BCUT2D eigenvalue weighted by Gasteiger charge is -2.05. The van der Waals surface area contributed by atoms with Crippen molar-refractivity contribution >= 4 is 28.9 Å². The highest BCUT2D eigenvalue weighted by Gasteiger charge is 2.17. The Hall–Kier alpha value is -2.51. The molecule has 0 radical (unpaired) electrons. The topological polar surface area (TPSA) is 48.4 Å². The van der Waals surface area contributed by atoms with Gasteiger partial charge in [0.2, 0.25) is 0 Å². The molecule has 1 heterocycles. The van der Waals surface area contributed by atoms with Crippen molar-refractivity contribution in [3.8, 4) is 16.3 Å². The van der Waals surface area contributed by atoms with Crippen LogP contribution in [0, 0.1) is 11.6 Å². The first-order valence-electron chi connectivity index (χ1n) is 7.38. The quantitative estimate of drug-likeness (QED) is 0.445. The van der Waals surface area contributed by atoms with Crippen LogP contribution in [0.15, 0.2) is 41.8 Å². The third-order valence-corrected chi connectivity index (χ3v) is 4.70. The first-order valence-corrected chi connectivity index (χ1v) is 8.64. The van der Waals surface area contributed by atoms with Crippen LogP contribution in [-0.2, 0) is 11.3 Å². The summed E-state index contributed by atoms with van der Waals surface area (Å²) in [5.74, 6) is -2.45. The van der Waals surface area contributed by atoms with Gasteiger partial charge in [0.1, 0.15) is 17.4 Å². The molecule has 0 amide bonds. The van der Waals surface area contributed by atoms with Crippen LogP contribution >= 0.6 is 22.9 Å². The Morgan fingerprint density at radius 2 is 2.00 bits per heavy atom. The predicted octanol–water partition coefficient (Wildman–Crippen LogP) is 5.11. The van der Waals surface area contributed by atoms with Crippen LogP contribution in [0.4, 0.5) is 8.78 Å². The van der Waals surface area contributed by atoms with Crippen LogP contribution in [0.25, 0.3) is 10.6 Å². The van der Waals surface area contributed by atoms with E-state index in [1.807, 2.05) is 24.3 Å². The second kappa shape index (κ2) is 7.80. The number of thiazole rings is 1. The molecule has 3 rings (SSSR count). The number of hydrogen-bond donors (Lipinski definition) is 0. The Bertz CT molecular complexity index is 961. The van der Waals surface area contributed by atoms with Gasteiger partial charge in [-0.05, 0) is 24.3 Å². The van der Waals surface area contributed by atoms with E-state index in [-0.39, 0.29) is 17.2 Å². The van der Waals surface area contributed by atoms with Gasteiger partial charge < -0.3 is 9.47 Å². The predicted molar refractivity (Wildman–Crippen MR) is 94.6 cm³/mol. The maximum absolute atomic E-state index is 13.3. The SMILES string of the molecule is COc1cccc(-c2nc(COC(=O)c3cc(F)c(F)cc3Cl)cs2)c1. The molecular weight excluding hydrogens is 384 g/mol. The summed E-state index contributed by atoms with van der Waals surface area (Å²) in [6, 6.07) is 8.85. The lowest BCUT2D eigenvalue weighted by molar-refractivity contribution is 0.0468. The van der Waals surface area contributed by atoms with Gasteiger partial charge in [0.25, 0.3) is 0 Å². The molecule has 2 aromatic carbocycles. The van der Waals surface area contributed by atoms with Crippen LogP contribution in [0.1, 0.15) is 16.1 Å². The molecule has 0 aliphatic rings. The van der Waals surface area contributed by atoms with Gasteiger partial charge in [-0.3, -0.25) is 0 Å². The number of carbonyl (C=O) groups excluding carboxylic acids is 1. The summed E-state index contributed by atoms with van der Waals surface area (Å²) < 4.78 is 36.6. The van der Waals surface area contributed by atoms with Crippen LogP contribution < -0.4 is 4.74 Å². The Morgan fingerprint density at radius 1 is 1.23 bits per heavy atom. The Labute approximate surface area is 157 Å². The molecule has 0 saturated carbocycles. The van der Waals surface area contributed by atoms with Crippen molar-refractivity contribution in [1.29, 1.82) is 0 Å². The van der Waals surface area contributed by atoms with Gasteiger partial charge in [-0.15, -0.1) is 11.3 Å². The van der Waals surface area contributed by atoms with Gasteiger partial charge in [-0.2, -0.15) is 0 Å².